The van der Waals surface area contributed by atoms with Gasteiger partial charge >= 0.3 is 0 Å². The molecular formula is C9H10BBrO. The lowest BCUT2D eigenvalue weighted by atomic mass is 9.96. The molecule has 0 saturated carbocycles. The monoisotopic (exact) mass is 224 g/mol. The molecule has 1 aromatic carbocycles. The molecule has 0 amide bonds. The summed E-state index contributed by atoms with van der Waals surface area (Å²) in [4.78, 5) is 11.2. The van der Waals surface area contributed by atoms with Gasteiger partial charge in [0.1, 0.15) is 7.85 Å². The van der Waals surface area contributed by atoms with E-state index < -0.39 is 0 Å². The minimum Gasteiger partial charge on any atom is -0.293 e. The molecule has 0 heterocycles. The number of Topliss-reactive ketones (excluding diaryl/α,β-unsaturated/α-hetero) is 1. The van der Waals surface area contributed by atoms with Crippen molar-refractivity contribution >= 4 is 29.6 Å². The third kappa shape index (κ3) is 2.21. The average molecular weight is 225 g/mol. The van der Waals surface area contributed by atoms with Crippen LogP contribution in [-0.2, 0) is 6.32 Å². The highest BCUT2D eigenvalue weighted by molar-refractivity contribution is 9.09. The van der Waals surface area contributed by atoms with Gasteiger partial charge < -0.3 is 0 Å². The van der Waals surface area contributed by atoms with Crippen molar-refractivity contribution in [2.75, 3.05) is 5.33 Å². The van der Waals surface area contributed by atoms with Gasteiger partial charge in [-0.3, -0.25) is 4.79 Å². The van der Waals surface area contributed by atoms with Crippen molar-refractivity contribution in [3.05, 3.63) is 35.4 Å². The van der Waals surface area contributed by atoms with Gasteiger partial charge in [-0.2, -0.15) is 0 Å². The molecule has 0 spiro atoms. The summed E-state index contributed by atoms with van der Waals surface area (Å²) < 4.78 is 0. The molecular weight excluding hydrogens is 215 g/mol. The molecule has 0 fully saturated rings. The molecule has 0 bridgehead atoms. The van der Waals surface area contributed by atoms with Gasteiger partial charge in [0.05, 0.1) is 5.33 Å². The number of hydrogen-bond donors (Lipinski definition) is 0. The fourth-order valence-electron chi connectivity index (χ4n) is 1.00. The number of benzene rings is 1. The second kappa shape index (κ2) is 4.46. The van der Waals surface area contributed by atoms with Gasteiger partial charge in [-0.15, -0.1) is 0 Å². The Labute approximate surface area is 81.7 Å². The van der Waals surface area contributed by atoms with Crippen LogP contribution in [0.15, 0.2) is 24.3 Å². The zero-order valence-corrected chi connectivity index (χ0v) is 8.60. The van der Waals surface area contributed by atoms with E-state index in [1.54, 1.807) is 0 Å². The van der Waals surface area contributed by atoms with E-state index in [-0.39, 0.29) is 5.78 Å². The first kappa shape index (κ1) is 9.52. The molecule has 0 aliphatic rings. The lowest BCUT2D eigenvalue weighted by molar-refractivity contribution is 0.102. The van der Waals surface area contributed by atoms with Crippen molar-refractivity contribution in [1.29, 1.82) is 0 Å². The lowest BCUT2D eigenvalue weighted by Crippen LogP contribution is -1.99. The third-order valence-electron chi connectivity index (χ3n) is 1.81. The highest BCUT2D eigenvalue weighted by Crippen LogP contribution is 2.06. The Morgan fingerprint density at radius 1 is 1.33 bits per heavy atom. The van der Waals surface area contributed by atoms with Gasteiger partial charge in [-0.05, 0) is 0 Å². The summed E-state index contributed by atoms with van der Waals surface area (Å²) in [5.41, 5.74) is 2.05. The molecule has 0 N–H and O–H groups in total. The molecule has 3 heteroatoms. The topological polar surface area (TPSA) is 17.1 Å². The molecule has 62 valence electrons. The summed E-state index contributed by atoms with van der Waals surface area (Å²) in [6, 6.07) is 7.75. The van der Waals surface area contributed by atoms with Crippen molar-refractivity contribution in [3.63, 3.8) is 0 Å². The molecule has 0 aromatic heterocycles. The van der Waals surface area contributed by atoms with Crippen LogP contribution in [0, 0.1) is 0 Å². The fourth-order valence-corrected chi connectivity index (χ4v) is 1.33. The summed E-state index contributed by atoms with van der Waals surface area (Å²) in [5.74, 6) is 0.137. The van der Waals surface area contributed by atoms with E-state index in [0.29, 0.717) is 5.33 Å². The maximum atomic E-state index is 11.2. The maximum absolute atomic E-state index is 11.2. The van der Waals surface area contributed by atoms with E-state index in [4.69, 9.17) is 0 Å². The standard InChI is InChI=1S/C9H10BBrO/c10-5-7-1-3-8(4-2-7)9(12)6-11/h1-4H,5-6,10H2. The SMILES string of the molecule is BCc1ccc(C(=O)CBr)cc1. The minimum absolute atomic E-state index is 0.137. The first-order valence-electron chi connectivity index (χ1n) is 3.96. The van der Waals surface area contributed by atoms with Crippen LogP contribution in [0.3, 0.4) is 0 Å². The zero-order chi connectivity index (χ0) is 8.97. The fraction of sp³-hybridized carbons (Fsp3) is 0.222. The van der Waals surface area contributed by atoms with Gasteiger partial charge in [0.2, 0.25) is 0 Å². The summed E-state index contributed by atoms with van der Waals surface area (Å²) in [6.07, 6.45) is 1.02. The molecule has 1 nitrogen and oxygen atoms in total. The van der Waals surface area contributed by atoms with Crippen LogP contribution >= 0.6 is 15.9 Å². The van der Waals surface area contributed by atoms with Crippen molar-refractivity contribution in [1.82, 2.24) is 0 Å². The average Bonchev–Trinajstić information content (AvgIpc) is 2.17. The van der Waals surface area contributed by atoms with E-state index in [9.17, 15) is 4.79 Å². The lowest BCUT2D eigenvalue weighted by Gasteiger charge is -1.98. The number of alkyl halides is 1. The second-order valence-electron chi connectivity index (χ2n) is 2.61. The van der Waals surface area contributed by atoms with Gasteiger partial charge in [0, 0.05) is 5.56 Å². The van der Waals surface area contributed by atoms with Crippen LogP contribution in [0.2, 0.25) is 0 Å². The molecule has 1 rings (SSSR count). The number of carbonyl (C=O) groups is 1. The summed E-state index contributed by atoms with van der Waals surface area (Å²) in [5, 5.41) is 0.401. The number of ketones is 1. The highest BCUT2D eigenvalue weighted by Gasteiger charge is 2.01. The molecule has 0 radical (unpaired) electrons. The molecule has 12 heavy (non-hydrogen) atoms. The predicted octanol–water partition coefficient (Wildman–Crippen LogP) is 1.40. The van der Waals surface area contributed by atoms with Crippen LogP contribution in [0.1, 0.15) is 15.9 Å². The Morgan fingerprint density at radius 2 is 1.92 bits per heavy atom. The van der Waals surface area contributed by atoms with E-state index in [1.165, 1.54) is 5.56 Å². The van der Waals surface area contributed by atoms with Crippen molar-refractivity contribution in [2.45, 2.75) is 6.32 Å². The number of hydrogen-bond acceptors (Lipinski definition) is 1. The largest absolute Gasteiger partial charge is 0.293 e. The molecule has 0 atom stereocenters. The Bertz CT molecular complexity index is 268. The van der Waals surface area contributed by atoms with Crippen LogP contribution in [-0.4, -0.2) is 19.0 Å². The molecule has 1 aromatic rings. The number of halogens is 1. The van der Waals surface area contributed by atoms with Crippen LogP contribution < -0.4 is 0 Å². The van der Waals surface area contributed by atoms with Crippen LogP contribution in [0.25, 0.3) is 0 Å². The molecule has 0 aliphatic heterocycles. The molecule has 0 unspecified atom stereocenters. The molecule has 0 saturated heterocycles. The Hall–Kier alpha value is -0.565. The third-order valence-corrected chi connectivity index (χ3v) is 2.31. The second-order valence-corrected chi connectivity index (χ2v) is 3.17. The summed E-state index contributed by atoms with van der Waals surface area (Å²) >= 11 is 3.14. The Kier molecular flexibility index (Phi) is 3.54. The van der Waals surface area contributed by atoms with Gasteiger partial charge in [0.15, 0.2) is 5.78 Å². The van der Waals surface area contributed by atoms with Gasteiger partial charge in [-0.1, -0.05) is 52.1 Å². The smallest absolute Gasteiger partial charge is 0.173 e. The Morgan fingerprint density at radius 3 is 2.33 bits per heavy atom. The highest BCUT2D eigenvalue weighted by atomic mass is 79.9. The Balaban J connectivity index is 2.84. The first-order chi connectivity index (χ1) is 5.77. The van der Waals surface area contributed by atoms with E-state index in [1.807, 2.05) is 24.3 Å². The van der Waals surface area contributed by atoms with Crippen molar-refractivity contribution in [3.8, 4) is 0 Å². The van der Waals surface area contributed by atoms with Crippen LogP contribution in [0.4, 0.5) is 0 Å². The normalized spacial score (nSPS) is 9.75. The van der Waals surface area contributed by atoms with Crippen molar-refractivity contribution < 1.29 is 4.79 Å². The van der Waals surface area contributed by atoms with Crippen LogP contribution in [0.5, 0.6) is 0 Å². The molecule has 0 aliphatic carbocycles. The first-order valence-corrected chi connectivity index (χ1v) is 5.08. The van der Waals surface area contributed by atoms with Gasteiger partial charge in [-0.25, -0.2) is 0 Å². The van der Waals surface area contributed by atoms with E-state index in [0.717, 1.165) is 11.9 Å². The van der Waals surface area contributed by atoms with E-state index in [2.05, 4.69) is 23.8 Å². The quantitative estimate of drug-likeness (QED) is 0.431. The summed E-state index contributed by atoms with van der Waals surface area (Å²) in [6.45, 7) is 0. The maximum Gasteiger partial charge on any atom is 0.173 e. The van der Waals surface area contributed by atoms with Crippen molar-refractivity contribution in [2.24, 2.45) is 0 Å². The predicted molar refractivity (Wildman–Crippen MR) is 56.8 cm³/mol. The summed E-state index contributed by atoms with van der Waals surface area (Å²) in [7, 11) is 2.10. The number of rotatable bonds is 3. The van der Waals surface area contributed by atoms with E-state index >= 15 is 0 Å². The number of carbonyl (C=O) groups excluding carboxylic acids is 1. The van der Waals surface area contributed by atoms with Gasteiger partial charge in [0.25, 0.3) is 0 Å². The minimum atomic E-state index is 0.137. The zero-order valence-electron chi connectivity index (χ0n) is 7.01.